The molecule has 2 aromatic rings. The Hall–Kier alpha value is -2.10. The van der Waals surface area contributed by atoms with Gasteiger partial charge in [-0.2, -0.15) is 4.31 Å². The van der Waals surface area contributed by atoms with Gasteiger partial charge in [0.15, 0.2) is 10.9 Å². The van der Waals surface area contributed by atoms with Crippen LogP contribution in [0, 0.1) is 17.3 Å². The largest absolute Gasteiger partial charge is 0.298 e. The maximum atomic E-state index is 13.0. The summed E-state index contributed by atoms with van der Waals surface area (Å²) in [5.74, 6) is 0.317. The number of carbonyl (C=O) groups excluding carboxylic acids is 2. The normalized spacial score (nSPS) is 23.6. The van der Waals surface area contributed by atoms with E-state index in [1.54, 1.807) is 4.31 Å². The zero-order valence-corrected chi connectivity index (χ0v) is 20.5. The molecule has 172 valence electrons. The Labute approximate surface area is 193 Å². The van der Waals surface area contributed by atoms with Crippen molar-refractivity contribution >= 4 is 38.2 Å². The minimum absolute atomic E-state index is 0.0603. The van der Waals surface area contributed by atoms with Crippen molar-refractivity contribution in [2.75, 3.05) is 18.4 Å². The minimum atomic E-state index is -3.59. The number of hydrogen-bond donors (Lipinski definition) is 1. The fourth-order valence-electron chi connectivity index (χ4n) is 4.67. The lowest BCUT2D eigenvalue weighted by Gasteiger charge is -2.34. The van der Waals surface area contributed by atoms with Crippen molar-refractivity contribution < 1.29 is 18.0 Å². The fourth-order valence-corrected chi connectivity index (χ4v) is 7.27. The van der Waals surface area contributed by atoms with E-state index in [0.717, 1.165) is 12.1 Å². The summed E-state index contributed by atoms with van der Waals surface area (Å²) in [5.41, 5.74) is 0.937. The SMILES string of the molecule is C[C@@H]1C[C@@H](C)CN(S(=O)(=O)c2ccc(C(=O)Nc3nc4c(s3)C(=O)CC(C)(C)C4)cc2)C1. The predicted octanol–water partition coefficient (Wildman–Crippen LogP) is 4.22. The second kappa shape index (κ2) is 8.35. The number of fused-ring (bicyclic) bond motifs is 1. The van der Waals surface area contributed by atoms with Crippen molar-refractivity contribution in [2.45, 2.75) is 51.9 Å². The molecule has 9 heteroatoms. The standard InChI is InChI=1S/C23H29N3O4S2/c1-14-9-15(2)13-26(12-14)32(29,30)17-7-5-16(6-8-17)21(28)25-22-24-18-10-23(3,4)11-19(27)20(18)31-22/h5-8,14-15H,9-13H2,1-4H3,(H,24,25,28)/t14-,15-/m1/s1. The van der Waals surface area contributed by atoms with Crippen LogP contribution in [-0.2, 0) is 16.4 Å². The minimum Gasteiger partial charge on any atom is -0.298 e. The van der Waals surface area contributed by atoms with E-state index in [9.17, 15) is 18.0 Å². The summed E-state index contributed by atoms with van der Waals surface area (Å²) in [6.45, 7) is 9.23. The van der Waals surface area contributed by atoms with Gasteiger partial charge < -0.3 is 0 Å². The topological polar surface area (TPSA) is 96.4 Å². The van der Waals surface area contributed by atoms with E-state index in [-0.39, 0.29) is 22.0 Å². The number of piperidine rings is 1. The van der Waals surface area contributed by atoms with E-state index in [1.807, 2.05) is 13.8 Å². The molecule has 1 fully saturated rings. The number of nitrogens with one attached hydrogen (secondary N) is 1. The summed E-state index contributed by atoms with van der Waals surface area (Å²) in [6, 6.07) is 5.99. The third-order valence-corrected chi connectivity index (χ3v) is 8.95. The zero-order valence-electron chi connectivity index (χ0n) is 18.8. The van der Waals surface area contributed by atoms with E-state index in [1.165, 1.54) is 35.6 Å². The molecule has 0 unspecified atom stereocenters. The molecule has 1 amide bonds. The third kappa shape index (κ3) is 4.65. The molecule has 0 spiro atoms. The Morgan fingerprint density at radius 1 is 1.12 bits per heavy atom. The van der Waals surface area contributed by atoms with Crippen molar-refractivity contribution in [2.24, 2.45) is 17.3 Å². The Morgan fingerprint density at radius 2 is 1.75 bits per heavy atom. The van der Waals surface area contributed by atoms with Gasteiger partial charge in [-0.05, 0) is 54.4 Å². The van der Waals surface area contributed by atoms with E-state index < -0.39 is 10.0 Å². The highest BCUT2D eigenvalue weighted by atomic mass is 32.2. The van der Waals surface area contributed by atoms with Crippen LogP contribution >= 0.6 is 11.3 Å². The lowest BCUT2D eigenvalue weighted by molar-refractivity contribution is 0.0915. The van der Waals surface area contributed by atoms with Crippen LogP contribution in [0.15, 0.2) is 29.2 Å². The van der Waals surface area contributed by atoms with Crippen molar-refractivity contribution in [1.82, 2.24) is 9.29 Å². The first kappa shape index (κ1) is 23.1. The van der Waals surface area contributed by atoms with Gasteiger partial charge in [-0.15, -0.1) is 0 Å². The van der Waals surface area contributed by atoms with Gasteiger partial charge in [0.05, 0.1) is 15.5 Å². The number of sulfonamides is 1. The number of benzene rings is 1. The maximum Gasteiger partial charge on any atom is 0.257 e. The molecule has 1 N–H and O–H groups in total. The van der Waals surface area contributed by atoms with Crippen molar-refractivity contribution in [1.29, 1.82) is 0 Å². The summed E-state index contributed by atoms with van der Waals surface area (Å²) in [7, 11) is -3.59. The number of nitrogens with zero attached hydrogens (tertiary/aromatic N) is 2. The number of amides is 1. The van der Waals surface area contributed by atoms with Crippen LogP contribution in [-0.4, -0.2) is 42.5 Å². The maximum absolute atomic E-state index is 13.0. The van der Waals surface area contributed by atoms with Crippen molar-refractivity contribution in [3.05, 3.63) is 40.4 Å². The molecular weight excluding hydrogens is 446 g/mol. The van der Waals surface area contributed by atoms with Crippen LogP contribution in [0.1, 0.15) is 66.3 Å². The number of carbonyl (C=O) groups is 2. The monoisotopic (exact) mass is 475 g/mol. The molecule has 2 heterocycles. The number of Topliss-reactive ketones (excluding diaryl/α,β-unsaturated/α-hetero) is 1. The fraction of sp³-hybridized carbons (Fsp3) is 0.522. The predicted molar refractivity (Wildman–Crippen MR) is 125 cm³/mol. The van der Waals surface area contributed by atoms with Gasteiger partial charge in [-0.25, -0.2) is 13.4 Å². The third-order valence-electron chi connectivity index (χ3n) is 6.05. The Kier molecular flexibility index (Phi) is 6.02. The molecule has 7 nitrogen and oxygen atoms in total. The molecule has 0 saturated carbocycles. The van der Waals surface area contributed by atoms with Crippen LogP contribution in [0.4, 0.5) is 5.13 Å². The Bertz CT molecular complexity index is 1140. The highest BCUT2D eigenvalue weighted by Gasteiger charge is 2.34. The first-order valence-corrected chi connectivity index (χ1v) is 13.1. The van der Waals surface area contributed by atoms with Gasteiger partial charge in [-0.1, -0.05) is 39.0 Å². The smallest absolute Gasteiger partial charge is 0.257 e. The van der Waals surface area contributed by atoms with Crippen LogP contribution in [0.2, 0.25) is 0 Å². The molecule has 1 aliphatic carbocycles. The highest BCUT2D eigenvalue weighted by Crippen LogP contribution is 2.38. The molecule has 0 radical (unpaired) electrons. The highest BCUT2D eigenvalue weighted by molar-refractivity contribution is 7.89. The number of ketones is 1. The Balaban J connectivity index is 1.48. The van der Waals surface area contributed by atoms with Crippen LogP contribution in [0.25, 0.3) is 0 Å². The summed E-state index contributed by atoms with van der Waals surface area (Å²) in [6.07, 6.45) is 2.19. The number of aromatic nitrogens is 1. The molecule has 4 rings (SSSR count). The van der Waals surface area contributed by atoms with Gasteiger partial charge in [0.25, 0.3) is 5.91 Å². The summed E-state index contributed by atoms with van der Waals surface area (Å²) >= 11 is 1.20. The van der Waals surface area contributed by atoms with Gasteiger partial charge in [0, 0.05) is 25.1 Å². The van der Waals surface area contributed by atoms with Crippen LogP contribution in [0.3, 0.4) is 0 Å². The average molecular weight is 476 g/mol. The average Bonchev–Trinajstić information content (AvgIpc) is 3.08. The number of anilines is 1. The summed E-state index contributed by atoms with van der Waals surface area (Å²) in [5, 5.41) is 3.14. The first-order chi connectivity index (χ1) is 14.9. The zero-order chi connectivity index (χ0) is 23.3. The van der Waals surface area contributed by atoms with Gasteiger partial charge >= 0.3 is 0 Å². The quantitative estimate of drug-likeness (QED) is 0.714. The van der Waals surface area contributed by atoms with Crippen LogP contribution < -0.4 is 5.32 Å². The van der Waals surface area contributed by atoms with Gasteiger partial charge in [0.1, 0.15) is 0 Å². The summed E-state index contributed by atoms with van der Waals surface area (Å²) in [4.78, 5) is 30.3. The molecule has 1 saturated heterocycles. The number of thiazole rings is 1. The summed E-state index contributed by atoms with van der Waals surface area (Å²) < 4.78 is 27.6. The molecule has 32 heavy (non-hydrogen) atoms. The van der Waals surface area contributed by atoms with Crippen molar-refractivity contribution in [3.63, 3.8) is 0 Å². The van der Waals surface area contributed by atoms with Gasteiger partial charge in [-0.3, -0.25) is 14.9 Å². The Morgan fingerprint density at radius 3 is 2.38 bits per heavy atom. The molecule has 2 atom stereocenters. The van der Waals surface area contributed by atoms with Crippen molar-refractivity contribution in [3.8, 4) is 0 Å². The van der Waals surface area contributed by atoms with E-state index in [0.29, 0.717) is 53.3 Å². The number of hydrogen-bond acceptors (Lipinski definition) is 6. The molecule has 1 aromatic heterocycles. The molecule has 2 aliphatic rings. The van der Waals surface area contributed by atoms with E-state index in [4.69, 9.17) is 0 Å². The molecule has 0 bridgehead atoms. The molecule has 1 aliphatic heterocycles. The molecule has 1 aromatic carbocycles. The first-order valence-electron chi connectivity index (χ1n) is 10.9. The van der Waals surface area contributed by atoms with Crippen LogP contribution in [0.5, 0.6) is 0 Å². The lowest BCUT2D eigenvalue weighted by Crippen LogP contribution is -2.42. The van der Waals surface area contributed by atoms with E-state index in [2.05, 4.69) is 24.1 Å². The molecular formula is C23H29N3O4S2. The second-order valence-corrected chi connectivity index (χ2v) is 12.9. The van der Waals surface area contributed by atoms with Gasteiger partial charge in [0.2, 0.25) is 10.0 Å². The van der Waals surface area contributed by atoms with E-state index >= 15 is 0 Å². The second-order valence-electron chi connectivity index (χ2n) is 9.98. The lowest BCUT2D eigenvalue weighted by atomic mass is 9.78. The number of rotatable bonds is 4.